The molecule has 0 aliphatic carbocycles. The maximum atomic E-state index is 12.2. The van der Waals surface area contributed by atoms with Crippen LogP contribution >= 0.6 is 0 Å². The van der Waals surface area contributed by atoms with Gasteiger partial charge in [0.15, 0.2) is 6.61 Å². The van der Waals surface area contributed by atoms with Crippen molar-refractivity contribution in [3.8, 4) is 11.5 Å². The zero-order valence-corrected chi connectivity index (χ0v) is 18.3. The monoisotopic (exact) mass is 426 g/mol. The van der Waals surface area contributed by atoms with Gasteiger partial charge < -0.3 is 24.4 Å². The highest BCUT2D eigenvalue weighted by molar-refractivity contribution is 5.93. The van der Waals surface area contributed by atoms with Crippen LogP contribution in [0.5, 0.6) is 11.5 Å². The van der Waals surface area contributed by atoms with Gasteiger partial charge in [0.1, 0.15) is 11.5 Å². The van der Waals surface area contributed by atoms with Crippen molar-refractivity contribution < 1.29 is 23.8 Å². The largest absolute Gasteiger partial charge is 0.497 e. The van der Waals surface area contributed by atoms with Gasteiger partial charge >= 0.3 is 5.97 Å². The molecule has 31 heavy (non-hydrogen) atoms. The Hall–Kier alpha value is -3.22. The number of benzene rings is 2. The third kappa shape index (κ3) is 6.38. The van der Waals surface area contributed by atoms with Crippen molar-refractivity contribution in [3.63, 3.8) is 0 Å². The first-order valence-corrected chi connectivity index (χ1v) is 10.5. The number of piperidine rings is 1. The number of methoxy groups -OCH3 is 2. The second-order valence-electron chi connectivity index (χ2n) is 7.78. The average molecular weight is 427 g/mol. The number of carbonyl (C=O) groups is 2. The van der Waals surface area contributed by atoms with Gasteiger partial charge in [0.05, 0.1) is 20.6 Å². The molecule has 7 heteroatoms. The zero-order chi connectivity index (χ0) is 22.2. The minimum absolute atomic E-state index is 0.00357. The summed E-state index contributed by atoms with van der Waals surface area (Å²) in [6.45, 7) is 4.06. The third-order valence-electron chi connectivity index (χ3n) is 5.49. The average Bonchev–Trinajstić information content (AvgIpc) is 2.79. The molecule has 0 unspecified atom stereocenters. The topological polar surface area (TPSA) is 77.1 Å². The van der Waals surface area contributed by atoms with E-state index in [1.807, 2.05) is 24.3 Å². The number of hydrogen-bond acceptors (Lipinski definition) is 6. The molecule has 3 rings (SSSR count). The molecule has 166 valence electrons. The Labute approximate surface area is 183 Å². The fourth-order valence-corrected chi connectivity index (χ4v) is 3.57. The van der Waals surface area contributed by atoms with Crippen LogP contribution in [0.15, 0.2) is 42.5 Å². The normalized spacial score (nSPS) is 14.1. The number of ether oxygens (including phenoxy) is 3. The van der Waals surface area contributed by atoms with E-state index in [0.717, 1.165) is 24.7 Å². The van der Waals surface area contributed by atoms with E-state index in [4.69, 9.17) is 14.2 Å². The number of nitrogens with zero attached hydrogens (tertiary/aromatic N) is 1. The van der Waals surface area contributed by atoms with E-state index in [0.29, 0.717) is 22.7 Å². The lowest BCUT2D eigenvalue weighted by Crippen LogP contribution is -2.32. The highest BCUT2D eigenvalue weighted by atomic mass is 16.5. The van der Waals surface area contributed by atoms with Crippen LogP contribution in [0.25, 0.3) is 0 Å². The van der Waals surface area contributed by atoms with Crippen molar-refractivity contribution in [2.24, 2.45) is 5.92 Å². The minimum atomic E-state index is -0.506. The number of hydrogen-bond donors (Lipinski definition) is 1. The number of nitrogens with one attached hydrogen (secondary N) is 1. The minimum Gasteiger partial charge on any atom is -0.497 e. The van der Waals surface area contributed by atoms with E-state index in [9.17, 15) is 9.59 Å². The Morgan fingerprint density at radius 1 is 1.03 bits per heavy atom. The predicted molar refractivity (Wildman–Crippen MR) is 120 cm³/mol. The van der Waals surface area contributed by atoms with Crippen LogP contribution < -0.4 is 19.7 Å². The molecule has 0 saturated carbocycles. The molecule has 7 nitrogen and oxygen atoms in total. The van der Waals surface area contributed by atoms with Crippen LogP contribution in [-0.2, 0) is 20.7 Å². The second-order valence-corrected chi connectivity index (χ2v) is 7.78. The molecule has 1 N–H and O–H groups in total. The lowest BCUT2D eigenvalue weighted by atomic mass is 9.99. The van der Waals surface area contributed by atoms with Crippen LogP contribution in [0.4, 0.5) is 11.4 Å². The number of amides is 1. The standard InChI is InChI=1S/C24H30N2O5/c1-17-10-12-26(13-11-17)20-7-5-19(6-8-20)25-23(27)16-31-24(28)14-18-4-9-21(29-2)15-22(18)30-3/h4-9,15,17H,10-14,16H2,1-3H3,(H,25,27). The van der Waals surface area contributed by atoms with E-state index < -0.39 is 5.97 Å². The molecule has 1 amide bonds. The highest BCUT2D eigenvalue weighted by Crippen LogP contribution is 2.26. The van der Waals surface area contributed by atoms with Crippen LogP contribution in [0.1, 0.15) is 25.3 Å². The highest BCUT2D eigenvalue weighted by Gasteiger charge is 2.16. The lowest BCUT2D eigenvalue weighted by molar-refractivity contribution is -0.146. The molecular formula is C24H30N2O5. The van der Waals surface area contributed by atoms with Gasteiger partial charge in [-0.05, 0) is 49.1 Å². The Balaban J connectivity index is 1.46. The van der Waals surface area contributed by atoms with Gasteiger partial charge in [-0.25, -0.2) is 0 Å². The number of anilines is 2. The molecule has 2 aromatic rings. The first-order chi connectivity index (χ1) is 15.0. The van der Waals surface area contributed by atoms with Crippen LogP contribution in [-0.4, -0.2) is 45.8 Å². The number of carbonyl (C=O) groups excluding carboxylic acids is 2. The van der Waals surface area contributed by atoms with Crippen molar-refractivity contribution >= 4 is 23.3 Å². The molecule has 0 bridgehead atoms. The summed E-state index contributed by atoms with van der Waals surface area (Å²) in [7, 11) is 3.08. The smallest absolute Gasteiger partial charge is 0.310 e. The van der Waals surface area contributed by atoms with Crippen LogP contribution in [0, 0.1) is 5.92 Å². The fourth-order valence-electron chi connectivity index (χ4n) is 3.57. The Kier molecular flexibility index (Phi) is 7.76. The van der Waals surface area contributed by atoms with Gasteiger partial charge in [0.2, 0.25) is 0 Å². The third-order valence-corrected chi connectivity index (χ3v) is 5.49. The van der Waals surface area contributed by atoms with E-state index in [1.54, 1.807) is 25.3 Å². The first-order valence-electron chi connectivity index (χ1n) is 10.5. The molecule has 0 aromatic heterocycles. The summed E-state index contributed by atoms with van der Waals surface area (Å²) in [5.74, 6) is 1.06. The summed E-state index contributed by atoms with van der Waals surface area (Å²) in [6, 6.07) is 12.9. The van der Waals surface area contributed by atoms with E-state index in [1.165, 1.54) is 20.0 Å². The quantitative estimate of drug-likeness (QED) is 0.649. The van der Waals surface area contributed by atoms with E-state index >= 15 is 0 Å². The van der Waals surface area contributed by atoms with Crippen molar-refractivity contribution in [1.29, 1.82) is 0 Å². The summed E-state index contributed by atoms with van der Waals surface area (Å²) in [5.41, 5.74) is 2.49. The predicted octanol–water partition coefficient (Wildman–Crippen LogP) is 3.66. The summed E-state index contributed by atoms with van der Waals surface area (Å²) < 4.78 is 15.5. The molecule has 1 aliphatic heterocycles. The Morgan fingerprint density at radius 2 is 1.74 bits per heavy atom. The molecule has 1 aliphatic rings. The van der Waals surface area contributed by atoms with Crippen LogP contribution in [0.2, 0.25) is 0 Å². The van der Waals surface area contributed by atoms with Crippen molar-refractivity contribution in [2.75, 3.05) is 44.1 Å². The summed E-state index contributed by atoms with van der Waals surface area (Å²) >= 11 is 0. The molecular weight excluding hydrogens is 396 g/mol. The second kappa shape index (κ2) is 10.7. The summed E-state index contributed by atoms with van der Waals surface area (Å²) in [5, 5.41) is 2.76. The molecule has 0 radical (unpaired) electrons. The van der Waals surface area contributed by atoms with Crippen molar-refractivity contribution in [2.45, 2.75) is 26.2 Å². The van der Waals surface area contributed by atoms with Gasteiger partial charge in [0, 0.05) is 36.1 Å². The van der Waals surface area contributed by atoms with Gasteiger partial charge in [-0.2, -0.15) is 0 Å². The molecule has 1 fully saturated rings. The van der Waals surface area contributed by atoms with Crippen LogP contribution in [0.3, 0.4) is 0 Å². The van der Waals surface area contributed by atoms with Gasteiger partial charge in [-0.1, -0.05) is 13.0 Å². The van der Waals surface area contributed by atoms with E-state index in [-0.39, 0.29) is 18.9 Å². The molecule has 2 aromatic carbocycles. The molecule has 0 spiro atoms. The maximum Gasteiger partial charge on any atom is 0.310 e. The summed E-state index contributed by atoms with van der Waals surface area (Å²) in [6.07, 6.45) is 2.40. The van der Waals surface area contributed by atoms with Gasteiger partial charge in [-0.3, -0.25) is 9.59 Å². The van der Waals surface area contributed by atoms with Crippen molar-refractivity contribution in [1.82, 2.24) is 0 Å². The molecule has 0 atom stereocenters. The summed E-state index contributed by atoms with van der Waals surface area (Å²) in [4.78, 5) is 26.7. The SMILES string of the molecule is COc1ccc(CC(=O)OCC(=O)Nc2ccc(N3CCC(C)CC3)cc2)c(OC)c1. The van der Waals surface area contributed by atoms with Gasteiger partial charge in [-0.15, -0.1) is 0 Å². The number of rotatable bonds is 8. The fraction of sp³-hybridized carbons (Fsp3) is 0.417. The lowest BCUT2D eigenvalue weighted by Gasteiger charge is -2.32. The first kappa shape index (κ1) is 22.5. The molecule has 1 saturated heterocycles. The number of esters is 1. The Bertz CT molecular complexity index is 889. The Morgan fingerprint density at radius 3 is 2.39 bits per heavy atom. The molecule has 1 heterocycles. The van der Waals surface area contributed by atoms with E-state index in [2.05, 4.69) is 17.1 Å². The van der Waals surface area contributed by atoms with Crippen molar-refractivity contribution in [3.05, 3.63) is 48.0 Å². The van der Waals surface area contributed by atoms with Gasteiger partial charge in [0.25, 0.3) is 5.91 Å². The zero-order valence-electron chi connectivity index (χ0n) is 18.3. The maximum absolute atomic E-state index is 12.2.